The molecule has 36 heavy (non-hydrogen) atoms. The van der Waals surface area contributed by atoms with Gasteiger partial charge < -0.3 is 19.7 Å². The molecule has 0 radical (unpaired) electrons. The predicted molar refractivity (Wildman–Crippen MR) is 130 cm³/mol. The van der Waals surface area contributed by atoms with Gasteiger partial charge in [0.25, 0.3) is 0 Å². The maximum Gasteiger partial charge on any atom is 0.249 e. The van der Waals surface area contributed by atoms with Gasteiger partial charge in [-0.25, -0.2) is 9.07 Å². The number of benzene rings is 3. The second-order valence-electron chi connectivity index (χ2n) is 8.92. The number of nitrogens with zero attached hydrogens (tertiary/aromatic N) is 4. The zero-order chi connectivity index (χ0) is 25.3. The first-order valence-corrected chi connectivity index (χ1v) is 11.4. The largest absolute Gasteiger partial charge is 0.454 e. The van der Waals surface area contributed by atoms with Crippen molar-refractivity contribution in [3.05, 3.63) is 78.1 Å². The van der Waals surface area contributed by atoms with Crippen molar-refractivity contribution >= 4 is 28.5 Å². The molecule has 0 aliphatic carbocycles. The van der Waals surface area contributed by atoms with Crippen LogP contribution < -0.4 is 14.8 Å². The summed E-state index contributed by atoms with van der Waals surface area (Å²) in [6, 6.07) is 18.2. The number of rotatable bonds is 7. The molecule has 0 saturated heterocycles. The first-order valence-electron chi connectivity index (χ1n) is 11.4. The zero-order valence-corrected chi connectivity index (χ0v) is 19.8. The molecule has 0 unspecified atom stereocenters. The Labute approximate surface area is 206 Å². The minimum absolute atomic E-state index is 0.0906. The minimum Gasteiger partial charge on any atom is -0.454 e. The number of halogens is 1. The second kappa shape index (κ2) is 9.29. The highest BCUT2D eigenvalue weighted by molar-refractivity contribution is 6.00. The van der Waals surface area contributed by atoms with Gasteiger partial charge in [-0.3, -0.25) is 9.59 Å². The molecule has 1 aliphatic rings. The molecule has 0 atom stereocenters. The number of aromatic nitrogens is 3. The van der Waals surface area contributed by atoms with Crippen LogP contribution in [0.25, 0.3) is 11.0 Å². The van der Waals surface area contributed by atoms with Crippen LogP contribution in [0.3, 0.4) is 0 Å². The molecule has 5 rings (SSSR count). The summed E-state index contributed by atoms with van der Waals surface area (Å²) in [7, 11) is 0. The first kappa shape index (κ1) is 23.3. The third kappa shape index (κ3) is 4.57. The number of carbonyl (C=O) groups excluding carboxylic acids is 2. The maximum absolute atomic E-state index is 13.6. The summed E-state index contributed by atoms with van der Waals surface area (Å²) in [5.41, 5.74) is 1.27. The van der Waals surface area contributed by atoms with Crippen molar-refractivity contribution in [3.8, 4) is 11.5 Å². The highest BCUT2D eigenvalue weighted by Crippen LogP contribution is 2.34. The van der Waals surface area contributed by atoms with Crippen LogP contribution >= 0.6 is 0 Å². The zero-order valence-electron chi connectivity index (χ0n) is 19.8. The molecule has 1 aromatic heterocycles. The number of amides is 2. The smallest absolute Gasteiger partial charge is 0.249 e. The molecule has 10 heteroatoms. The average molecular weight is 490 g/mol. The number of anilines is 1. The molecule has 0 bridgehead atoms. The van der Waals surface area contributed by atoms with Crippen molar-refractivity contribution in [1.29, 1.82) is 0 Å². The predicted octanol–water partition coefficient (Wildman–Crippen LogP) is 3.75. The SMILES string of the molecule is CC(C)(C(=O)Nc1ccc2c(c1)OCO2)N(Cc1ccc(F)cc1)C(=O)Cn1nnc2ccccc21. The molecular formula is C26H24FN5O4. The molecule has 0 fully saturated rings. The fraction of sp³-hybridized carbons (Fsp3) is 0.231. The number of hydrogen-bond donors (Lipinski definition) is 1. The van der Waals surface area contributed by atoms with Gasteiger partial charge in [-0.1, -0.05) is 29.5 Å². The molecule has 0 saturated carbocycles. The summed E-state index contributed by atoms with van der Waals surface area (Å²) < 4.78 is 25.7. The summed E-state index contributed by atoms with van der Waals surface area (Å²) in [4.78, 5) is 28.6. The number of carbonyl (C=O) groups is 2. The quantitative estimate of drug-likeness (QED) is 0.425. The molecule has 2 heterocycles. The van der Waals surface area contributed by atoms with Crippen molar-refractivity contribution in [3.63, 3.8) is 0 Å². The fourth-order valence-corrected chi connectivity index (χ4v) is 4.00. The normalized spacial score (nSPS) is 12.5. The van der Waals surface area contributed by atoms with Crippen molar-refractivity contribution in [2.45, 2.75) is 32.5 Å². The van der Waals surface area contributed by atoms with E-state index in [0.717, 1.165) is 0 Å². The molecule has 1 aliphatic heterocycles. The number of hydrogen-bond acceptors (Lipinski definition) is 6. The second-order valence-corrected chi connectivity index (χ2v) is 8.92. The Morgan fingerprint density at radius 3 is 2.61 bits per heavy atom. The van der Waals surface area contributed by atoms with Crippen LogP contribution in [0.5, 0.6) is 11.5 Å². The number of ether oxygens (including phenoxy) is 2. The molecular weight excluding hydrogens is 465 g/mol. The van der Waals surface area contributed by atoms with Crippen LogP contribution in [0.1, 0.15) is 19.4 Å². The van der Waals surface area contributed by atoms with Crippen molar-refractivity contribution in [1.82, 2.24) is 19.9 Å². The van der Waals surface area contributed by atoms with E-state index in [9.17, 15) is 14.0 Å². The summed E-state index contributed by atoms with van der Waals surface area (Å²) in [6.45, 7) is 3.41. The van der Waals surface area contributed by atoms with E-state index in [2.05, 4.69) is 15.6 Å². The summed E-state index contributed by atoms with van der Waals surface area (Å²) in [5.74, 6) is -0.00467. The van der Waals surface area contributed by atoms with E-state index in [4.69, 9.17) is 9.47 Å². The lowest BCUT2D eigenvalue weighted by Crippen LogP contribution is -2.55. The highest BCUT2D eigenvalue weighted by atomic mass is 19.1. The van der Waals surface area contributed by atoms with Gasteiger partial charge in [-0.05, 0) is 55.8 Å². The number of nitrogens with one attached hydrogen (secondary N) is 1. The Morgan fingerprint density at radius 1 is 1.06 bits per heavy atom. The summed E-state index contributed by atoms with van der Waals surface area (Å²) in [5, 5.41) is 11.1. The monoisotopic (exact) mass is 489 g/mol. The highest BCUT2D eigenvalue weighted by Gasteiger charge is 2.38. The lowest BCUT2D eigenvalue weighted by atomic mass is 9.99. The van der Waals surface area contributed by atoms with Gasteiger partial charge in [-0.2, -0.15) is 0 Å². The van der Waals surface area contributed by atoms with E-state index >= 15 is 0 Å². The number of fused-ring (bicyclic) bond motifs is 2. The molecule has 3 aromatic carbocycles. The topological polar surface area (TPSA) is 98.6 Å². The van der Waals surface area contributed by atoms with Crippen LogP contribution in [0.15, 0.2) is 66.7 Å². The molecule has 1 N–H and O–H groups in total. The van der Waals surface area contributed by atoms with Gasteiger partial charge in [0, 0.05) is 18.3 Å². The van der Waals surface area contributed by atoms with Gasteiger partial charge in [0.15, 0.2) is 11.5 Å². The van der Waals surface area contributed by atoms with Crippen LogP contribution in [0.4, 0.5) is 10.1 Å². The Kier molecular flexibility index (Phi) is 6.01. The van der Waals surface area contributed by atoms with E-state index in [-0.39, 0.29) is 31.6 Å². The first-order chi connectivity index (χ1) is 17.3. The third-order valence-corrected chi connectivity index (χ3v) is 6.12. The Bertz CT molecular complexity index is 1430. The average Bonchev–Trinajstić information content (AvgIpc) is 3.50. The van der Waals surface area contributed by atoms with Gasteiger partial charge in [0.2, 0.25) is 18.6 Å². The molecule has 184 valence electrons. The van der Waals surface area contributed by atoms with E-state index < -0.39 is 11.4 Å². The maximum atomic E-state index is 13.6. The summed E-state index contributed by atoms with van der Waals surface area (Å²) in [6.07, 6.45) is 0. The van der Waals surface area contributed by atoms with Crippen LogP contribution in [-0.4, -0.2) is 44.0 Å². The van der Waals surface area contributed by atoms with Crippen LogP contribution in [-0.2, 0) is 22.7 Å². The Balaban J connectivity index is 1.42. The van der Waals surface area contributed by atoms with Gasteiger partial charge >= 0.3 is 0 Å². The van der Waals surface area contributed by atoms with E-state index in [0.29, 0.717) is 33.8 Å². The molecule has 4 aromatic rings. The molecule has 0 spiro atoms. The van der Waals surface area contributed by atoms with Gasteiger partial charge in [0.1, 0.15) is 23.4 Å². The number of para-hydroxylation sites is 1. The lowest BCUT2D eigenvalue weighted by Gasteiger charge is -2.37. The van der Waals surface area contributed by atoms with E-state index in [1.165, 1.54) is 21.7 Å². The standard InChI is InChI=1S/C26H24FN5O4/c1-26(2,25(34)28-19-11-12-22-23(13-19)36-16-35-22)31(14-17-7-9-18(27)10-8-17)24(33)15-32-21-6-4-3-5-20(21)29-30-32/h3-13H,14-16H2,1-2H3,(H,28,34). The summed E-state index contributed by atoms with van der Waals surface area (Å²) >= 11 is 0. The Morgan fingerprint density at radius 2 is 1.81 bits per heavy atom. The van der Waals surface area contributed by atoms with Crippen molar-refractivity contribution in [2.24, 2.45) is 0 Å². The Hall–Kier alpha value is -4.47. The fourth-order valence-electron chi connectivity index (χ4n) is 4.00. The van der Waals surface area contributed by atoms with Crippen LogP contribution in [0, 0.1) is 5.82 Å². The van der Waals surface area contributed by atoms with E-state index in [1.54, 1.807) is 44.2 Å². The molecule has 9 nitrogen and oxygen atoms in total. The minimum atomic E-state index is -1.28. The lowest BCUT2D eigenvalue weighted by molar-refractivity contribution is -0.145. The van der Waals surface area contributed by atoms with Crippen molar-refractivity contribution < 1.29 is 23.5 Å². The van der Waals surface area contributed by atoms with Gasteiger partial charge in [0.05, 0.1) is 5.52 Å². The van der Waals surface area contributed by atoms with Crippen molar-refractivity contribution in [2.75, 3.05) is 12.1 Å². The van der Waals surface area contributed by atoms with Gasteiger partial charge in [-0.15, -0.1) is 5.10 Å². The third-order valence-electron chi connectivity index (χ3n) is 6.12. The molecule has 2 amide bonds. The van der Waals surface area contributed by atoms with Crippen LogP contribution in [0.2, 0.25) is 0 Å². The van der Waals surface area contributed by atoms with E-state index in [1.807, 2.05) is 24.3 Å².